The molecule has 2 aliphatic rings. The van der Waals surface area contributed by atoms with E-state index in [0.29, 0.717) is 57.3 Å². The summed E-state index contributed by atoms with van der Waals surface area (Å²) in [4.78, 5) is 13.4. The summed E-state index contributed by atoms with van der Waals surface area (Å²) in [6.07, 6.45) is 0.737. The molecule has 1 aromatic rings. The molecule has 138 valence electrons. The van der Waals surface area contributed by atoms with E-state index in [9.17, 15) is 13.2 Å². The maximum absolute atomic E-state index is 12.6. The molecule has 2 heterocycles. The molecule has 1 amide bonds. The van der Waals surface area contributed by atoms with Crippen LogP contribution in [0.4, 0.5) is 4.79 Å². The molecular formula is C16H22N2O6S. The fourth-order valence-electron chi connectivity index (χ4n) is 2.87. The molecule has 0 aliphatic carbocycles. The first-order valence-electron chi connectivity index (χ1n) is 8.33. The van der Waals surface area contributed by atoms with Gasteiger partial charge in [0, 0.05) is 25.2 Å². The van der Waals surface area contributed by atoms with Gasteiger partial charge < -0.3 is 19.1 Å². The zero-order chi connectivity index (χ0) is 17.9. The molecule has 0 saturated carbocycles. The highest BCUT2D eigenvalue weighted by atomic mass is 32.2. The monoisotopic (exact) mass is 370 g/mol. The smallest absolute Gasteiger partial charge is 0.409 e. The van der Waals surface area contributed by atoms with Crippen molar-refractivity contribution in [1.29, 1.82) is 0 Å². The molecule has 1 fully saturated rings. The summed E-state index contributed by atoms with van der Waals surface area (Å²) >= 11 is 0. The van der Waals surface area contributed by atoms with Gasteiger partial charge in [0.1, 0.15) is 13.2 Å². The molecule has 25 heavy (non-hydrogen) atoms. The number of carbonyl (C=O) groups excluding carboxylic acids is 1. The second kappa shape index (κ2) is 7.49. The van der Waals surface area contributed by atoms with Gasteiger partial charge in [-0.15, -0.1) is 0 Å². The summed E-state index contributed by atoms with van der Waals surface area (Å²) in [5.74, 6) is 0.985. The molecule has 9 heteroatoms. The quantitative estimate of drug-likeness (QED) is 0.860. The third kappa shape index (κ3) is 4.16. The van der Waals surface area contributed by atoms with Crippen molar-refractivity contribution in [3.63, 3.8) is 0 Å². The summed E-state index contributed by atoms with van der Waals surface area (Å²) in [6.45, 7) is 3.87. The van der Waals surface area contributed by atoms with Gasteiger partial charge in [0.2, 0.25) is 10.0 Å². The first-order chi connectivity index (χ1) is 12.0. The van der Waals surface area contributed by atoms with Gasteiger partial charge in [-0.3, -0.25) is 0 Å². The lowest BCUT2D eigenvalue weighted by atomic mass is 10.1. The van der Waals surface area contributed by atoms with Gasteiger partial charge >= 0.3 is 6.09 Å². The molecule has 0 bridgehead atoms. The molecule has 0 unspecified atom stereocenters. The molecule has 8 nitrogen and oxygen atoms in total. The van der Waals surface area contributed by atoms with Gasteiger partial charge in [0.25, 0.3) is 0 Å². The number of nitrogens with zero attached hydrogens (tertiary/aromatic N) is 1. The van der Waals surface area contributed by atoms with E-state index in [2.05, 4.69) is 4.72 Å². The fraction of sp³-hybridized carbons (Fsp3) is 0.562. The second-order valence-electron chi connectivity index (χ2n) is 5.89. The Morgan fingerprint density at radius 3 is 2.60 bits per heavy atom. The molecule has 1 N–H and O–H groups in total. The van der Waals surface area contributed by atoms with Crippen molar-refractivity contribution in [3.05, 3.63) is 18.2 Å². The van der Waals surface area contributed by atoms with Crippen molar-refractivity contribution >= 4 is 16.1 Å². The first-order valence-corrected chi connectivity index (χ1v) is 9.81. The van der Waals surface area contributed by atoms with E-state index in [1.54, 1.807) is 17.9 Å². The lowest BCUT2D eigenvalue weighted by molar-refractivity contribution is 0.0966. The number of ether oxygens (including phenoxy) is 3. The topological polar surface area (TPSA) is 94.2 Å². The Balaban J connectivity index is 1.62. The van der Waals surface area contributed by atoms with Crippen LogP contribution in [0.1, 0.15) is 19.8 Å². The van der Waals surface area contributed by atoms with Crippen molar-refractivity contribution in [1.82, 2.24) is 9.62 Å². The Kier molecular flexibility index (Phi) is 5.33. The van der Waals surface area contributed by atoms with Gasteiger partial charge in [-0.1, -0.05) is 0 Å². The number of rotatable bonds is 4. The highest BCUT2D eigenvalue weighted by Crippen LogP contribution is 2.32. The lowest BCUT2D eigenvalue weighted by Gasteiger charge is -2.31. The van der Waals surface area contributed by atoms with Crippen LogP contribution >= 0.6 is 0 Å². The normalized spacial score (nSPS) is 18.0. The standard InChI is InChI=1S/C16H22N2O6S/c1-2-22-16(19)18-7-5-12(6-8-18)17-25(20,21)13-3-4-14-15(11-13)24-10-9-23-14/h3-4,11-12,17H,2,5-10H2,1H3. The van der Waals surface area contributed by atoms with E-state index < -0.39 is 10.0 Å². The third-order valence-corrected chi connectivity index (χ3v) is 5.68. The fourth-order valence-corrected chi connectivity index (χ4v) is 4.19. The highest BCUT2D eigenvalue weighted by molar-refractivity contribution is 7.89. The van der Waals surface area contributed by atoms with E-state index in [1.165, 1.54) is 12.1 Å². The number of fused-ring (bicyclic) bond motifs is 1. The van der Waals surface area contributed by atoms with Gasteiger partial charge in [0.15, 0.2) is 11.5 Å². The zero-order valence-electron chi connectivity index (χ0n) is 14.1. The maximum Gasteiger partial charge on any atom is 0.409 e. The second-order valence-corrected chi connectivity index (χ2v) is 7.60. The van der Waals surface area contributed by atoms with Crippen LogP contribution in [0.2, 0.25) is 0 Å². The van der Waals surface area contributed by atoms with Crippen LogP contribution in [0.15, 0.2) is 23.1 Å². The van der Waals surface area contributed by atoms with Crippen LogP contribution in [0.5, 0.6) is 11.5 Å². The Labute approximate surface area is 147 Å². The number of hydrogen-bond acceptors (Lipinski definition) is 6. The number of carbonyl (C=O) groups is 1. The predicted molar refractivity (Wildman–Crippen MR) is 89.4 cm³/mol. The first kappa shape index (κ1) is 17.8. The van der Waals surface area contributed by atoms with Crippen molar-refractivity contribution in [3.8, 4) is 11.5 Å². The van der Waals surface area contributed by atoms with E-state index in [1.807, 2.05) is 0 Å². The molecule has 1 aromatic carbocycles. The van der Waals surface area contributed by atoms with Gasteiger partial charge in [-0.05, 0) is 31.9 Å². The molecule has 2 aliphatic heterocycles. The average Bonchev–Trinajstić information content (AvgIpc) is 2.62. The molecule has 0 atom stereocenters. The van der Waals surface area contributed by atoms with Crippen molar-refractivity contribution in [2.75, 3.05) is 32.9 Å². The van der Waals surface area contributed by atoms with Crippen LogP contribution in [-0.4, -0.2) is 58.4 Å². The summed E-state index contributed by atoms with van der Waals surface area (Å²) in [5, 5.41) is 0. The molecule has 3 rings (SSSR count). The number of benzene rings is 1. The average molecular weight is 370 g/mol. The molecule has 0 aromatic heterocycles. The SMILES string of the molecule is CCOC(=O)N1CCC(NS(=O)(=O)c2ccc3c(c2)OCCO3)CC1. The molecule has 0 radical (unpaired) electrons. The van der Waals surface area contributed by atoms with Gasteiger partial charge in [-0.2, -0.15) is 0 Å². The van der Waals surface area contributed by atoms with Gasteiger partial charge in [-0.25, -0.2) is 17.9 Å². The van der Waals surface area contributed by atoms with Crippen LogP contribution in [0.3, 0.4) is 0 Å². The van der Waals surface area contributed by atoms with Crippen LogP contribution < -0.4 is 14.2 Å². The molecule has 1 saturated heterocycles. The Hall–Kier alpha value is -2.00. The van der Waals surface area contributed by atoms with E-state index in [0.717, 1.165) is 0 Å². The number of amides is 1. The Morgan fingerprint density at radius 1 is 1.24 bits per heavy atom. The summed E-state index contributed by atoms with van der Waals surface area (Å²) < 4.78 is 43.7. The van der Waals surface area contributed by atoms with Crippen LogP contribution in [0, 0.1) is 0 Å². The summed E-state index contributed by atoms with van der Waals surface area (Å²) in [6, 6.07) is 4.37. The number of sulfonamides is 1. The van der Waals surface area contributed by atoms with Crippen LogP contribution in [-0.2, 0) is 14.8 Å². The van der Waals surface area contributed by atoms with E-state index in [-0.39, 0.29) is 17.0 Å². The number of likely N-dealkylation sites (tertiary alicyclic amines) is 1. The van der Waals surface area contributed by atoms with Crippen LogP contribution in [0.25, 0.3) is 0 Å². The van der Waals surface area contributed by atoms with Gasteiger partial charge in [0.05, 0.1) is 11.5 Å². The molecular weight excluding hydrogens is 348 g/mol. The number of piperidine rings is 1. The highest BCUT2D eigenvalue weighted by Gasteiger charge is 2.28. The minimum atomic E-state index is -3.66. The summed E-state index contributed by atoms with van der Waals surface area (Å²) in [7, 11) is -3.66. The summed E-state index contributed by atoms with van der Waals surface area (Å²) in [5.41, 5.74) is 0. The minimum Gasteiger partial charge on any atom is -0.486 e. The lowest BCUT2D eigenvalue weighted by Crippen LogP contribution is -2.46. The third-order valence-electron chi connectivity index (χ3n) is 4.17. The van der Waals surface area contributed by atoms with Crippen molar-refractivity contribution < 1.29 is 27.4 Å². The Bertz CT molecular complexity index is 728. The minimum absolute atomic E-state index is 0.143. The number of hydrogen-bond donors (Lipinski definition) is 1. The van der Waals surface area contributed by atoms with Crippen molar-refractivity contribution in [2.24, 2.45) is 0 Å². The zero-order valence-corrected chi connectivity index (χ0v) is 14.9. The maximum atomic E-state index is 12.6. The number of nitrogens with one attached hydrogen (secondary N) is 1. The van der Waals surface area contributed by atoms with E-state index >= 15 is 0 Å². The van der Waals surface area contributed by atoms with E-state index in [4.69, 9.17) is 14.2 Å². The molecule has 0 spiro atoms. The largest absolute Gasteiger partial charge is 0.486 e. The van der Waals surface area contributed by atoms with Crippen molar-refractivity contribution in [2.45, 2.75) is 30.7 Å². The predicted octanol–water partition coefficient (Wildman–Crippen LogP) is 1.36. The Morgan fingerprint density at radius 2 is 1.92 bits per heavy atom.